The van der Waals surface area contributed by atoms with Gasteiger partial charge in [0.15, 0.2) is 0 Å². The molecule has 13 nitrogen and oxygen atoms in total. The quantitative estimate of drug-likeness (QED) is 0.0992. The Morgan fingerprint density at radius 2 is 1.80 bits per heavy atom. The van der Waals surface area contributed by atoms with Crippen molar-refractivity contribution in [2.45, 2.75) is 69.8 Å². The molecule has 2 amide bonds. The van der Waals surface area contributed by atoms with Crippen LogP contribution in [-0.2, 0) is 23.8 Å². The third-order valence-electron chi connectivity index (χ3n) is 6.34. The molecule has 0 aliphatic carbocycles. The molecule has 1 aromatic rings. The average molecular weight is 602 g/mol. The highest BCUT2D eigenvalue weighted by atomic mass is 35.5. The predicted octanol–water partition coefficient (Wildman–Crippen LogP) is 0.715. The molecule has 0 saturated carbocycles. The molecular formula is C27H44ClN5O8. The van der Waals surface area contributed by atoms with Crippen molar-refractivity contribution in [1.29, 1.82) is 0 Å². The molecule has 0 bridgehead atoms. The lowest BCUT2D eigenvalue weighted by Crippen LogP contribution is -2.29. The van der Waals surface area contributed by atoms with Crippen molar-refractivity contribution in [2.24, 2.45) is 0 Å². The highest BCUT2D eigenvalue weighted by Gasteiger charge is 2.35. The van der Waals surface area contributed by atoms with Crippen LogP contribution in [0.15, 0.2) is 17.1 Å². The van der Waals surface area contributed by atoms with E-state index in [0.717, 1.165) is 25.7 Å². The molecule has 1 fully saturated rings. The zero-order valence-corrected chi connectivity index (χ0v) is 24.2. The molecule has 3 atom stereocenters. The van der Waals surface area contributed by atoms with Crippen LogP contribution in [0.5, 0.6) is 0 Å². The number of nitrogens with two attached hydrogens (primary N) is 1. The van der Waals surface area contributed by atoms with Gasteiger partial charge in [-0.25, -0.2) is 4.79 Å². The number of nitrogen functional groups attached to an aromatic ring is 1. The number of nitrogens with one attached hydrogen (secondary N) is 2. The minimum absolute atomic E-state index is 0.0142. The van der Waals surface area contributed by atoms with E-state index in [9.17, 15) is 24.6 Å². The molecule has 1 saturated heterocycles. The van der Waals surface area contributed by atoms with Crippen LogP contribution in [0.4, 0.5) is 5.82 Å². The number of ether oxygens (including phenoxy) is 3. The highest BCUT2D eigenvalue weighted by molar-refractivity contribution is 6.17. The Balaban J connectivity index is 1.55. The minimum atomic E-state index is -0.897. The van der Waals surface area contributed by atoms with Crippen molar-refractivity contribution in [3.05, 3.63) is 28.3 Å². The maximum atomic E-state index is 12.2. The summed E-state index contributed by atoms with van der Waals surface area (Å²) in [5, 5.41) is 24.7. The second-order valence-corrected chi connectivity index (χ2v) is 10.0. The van der Waals surface area contributed by atoms with E-state index >= 15 is 0 Å². The summed E-state index contributed by atoms with van der Waals surface area (Å²) >= 11 is 5.64. The van der Waals surface area contributed by atoms with E-state index in [1.165, 1.54) is 10.8 Å². The molecule has 1 unspecified atom stereocenters. The molecule has 6 N–H and O–H groups in total. The molecule has 1 aliphatic rings. The lowest BCUT2D eigenvalue weighted by atomic mass is 10.2. The predicted molar refractivity (Wildman–Crippen MR) is 154 cm³/mol. The zero-order chi connectivity index (χ0) is 29.9. The van der Waals surface area contributed by atoms with E-state index in [2.05, 4.69) is 15.6 Å². The van der Waals surface area contributed by atoms with Gasteiger partial charge in [0.1, 0.15) is 18.1 Å². The summed E-state index contributed by atoms with van der Waals surface area (Å²) < 4.78 is 17.7. The van der Waals surface area contributed by atoms with Gasteiger partial charge in [0.2, 0.25) is 11.8 Å². The summed E-state index contributed by atoms with van der Waals surface area (Å²) in [6.45, 7) is 2.35. The number of halogens is 1. The molecule has 41 heavy (non-hydrogen) atoms. The summed E-state index contributed by atoms with van der Waals surface area (Å²) in [4.78, 5) is 40.0. The van der Waals surface area contributed by atoms with Crippen LogP contribution in [0.1, 0.15) is 63.2 Å². The summed E-state index contributed by atoms with van der Waals surface area (Å²) in [7, 11) is 0. The largest absolute Gasteiger partial charge is 0.394 e. The molecular weight excluding hydrogens is 558 g/mol. The number of hydrogen-bond donors (Lipinski definition) is 5. The number of unbranched alkanes of at least 4 members (excludes halogenated alkanes) is 3. The number of carbonyl (C=O) groups excluding carboxylic acids is 2. The number of hydrogen-bond acceptors (Lipinski definition) is 10. The second kappa shape index (κ2) is 20.3. The summed E-state index contributed by atoms with van der Waals surface area (Å²) in [5.74, 6) is 0.373. The number of carbonyl (C=O) groups is 2. The van der Waals surface area contributed by atoms with Crippen molar-refractivity contribution in [3.8, 4) is 0 Å². The Morgan fingerprint density at radius 1 is 1.10 bits per heavy atom. The number of amides is 2. The van der Waals surface area contributed by atoms with Crippen LogP contribution in [-0.4, -0.2) is 95.8 Å². The van der Waals surface area contributed by atoms with Crippen LogP contribution >= 0.6 is 11.6 Å². The van der Waals surface area contributed by atoms with Gasteiger partial charge in [0.05, 0.1) is 32.5 Å². The number of rotatable bonds is 21. The normalized spacial score (nSPS) is 18.7. The Morgan fingerprint density at radius 3 is 2.51 bits per heavy atom. The van der Waals surface area contributed by atoms with Gasteiger partial charge in [-0.15, -0.1) is 11.6 Å². The first kappa shape index (κ1) is 34.7. The lowest BCUT2D eigenvalue weighted by molar-refractivity contribution is -0.122. The molecule has 14 heteroatoms. The van der Waals surface area contributed by atoms with Crippen molar-refractivity contribution in [1.82, 2.24) is 20.2 Å². The lowest BCUT2D eigenvalue weighted by Gasteiger charge is -2.15. The first-order valence-corrected chi connectivity index (χ1v) is 14.6. The van der Waals surface area contributed by atoms with Gasteiger partial charge >= 0.3 is 5.69 Å². The number of aliphatic hydroxyl groups excluding tert-OH is 2. The fourth-order valence-corrected chi connectivity index (χ4v) is 4.25. The Labute approximate surface area is 245 Å². The minimum Gasteiger partial charge on any atom is -0.394 e. The van der Waals surface area contributed by atoms with Gasteiger partial charge in [0.25, 0.3) is 0 Å². The van der Waals surface area contributed by atoms with Crippen LogP contribution < -0.4 is 22.1 Å². The Kier molecular flexibility index (Phi) is 17.2. The van der Waals surface area contributed by atoms with Crippen LogP contribution in [0.2, 0.25) is 0 Å². The van der Waals surface area contributed by atoms with Gasteiger partial charge in [-0.1, -0.05) is 25.0 Å². The molecule has 0 radical (unpaired) electrons. The second-order valence-electron chi connectivity index (χ2n) is 9.62. The van der Waals surface area contributed by atoms with Crippen molar-refractivity contribution in [2.75, 3.05) is 57.7 Å². The van der Waals surface area contributed by atoms with E-state index in [-0.39, 0.29) is 50.0 Å². The van der Waals surface area contributed by atoms with Crippen molar-refractivity contribution in [3.63, 3.8) is 0 Å². The smallest absolute Gasteiger partial charge is 0.351 e. The molecule has 0 aromatic carbocycles. The number of anilines is 1. The molecule has 1 aliphatic heterocycles. The SMILES string of the molecule is Nc1nc(=O)n([C@H]2CC(O)[C@@H](CO)O2)cc1C=CCNC(=O)CCCC(=O)NCCOCCOCCCCCCCl. The number of aliphatic hydroxyl groups is 2. The van der Waals surface area contributed by atoms with Crippen molar-refractivity contribution < 1.29 is 34.0 Å². The van der Waals surface area contributed by atoms with E-state index in [4.69, 9.17) is 31.5 Å². The fraction of sp³-hybridized carbons (Fsp3) is 0.704. The molecule has 2 heterocycles. The summed E-state index contributed by atoms with van der Waals surface area (Å²) in [6.07, 6.45) is 7.55. The van der Waals surface area contributed by atoms with E-state index in [1.807, 2.05) is 0 Å². The van der Waals surface area contributed by atoms with E-state index in [0.29, 0.717) is 50.8 Å². The number of nitrogens with zero attached hydrogens (tertiary/aromatic N) is 2. The van der Waals surface area contributed by atoms with Crippen LogP contribution in [0, 0.1) is 0 Å². The van der Waals surface area contributed by atoms with Crippen LogP contribution in [0.3, 0.4) is 0 Å². The first-order chi connectivity index (χ1) is 19.8. The standard InChI is InChI=1S/C27H44ClN5O8/c28-10-3-1-2-4-13-39-15-16-40-14-12-31-24(37)9-5-8-23(36)30-11-6-7-20-18-33(27(38)32-26(20)29)25-17-21(35)22(19-34)41-25/h6-7,18,21-22,25,34-35H,1-5,8-17,19H2,(H,30,36)(H,31,37)(H2,29,32,38)/t21?,22-,25-/m1/s1. The summed E-state index contributed by atoms with van der Waals surface area (Å²) in [5.41, 5.74) is 5.65. The highest BCUT2D eigenvalue weighted by Crippen LogP contribution is 2.28. The van der Waals surface area contributed by atoms with Gasteiger partial charge < -0.3 is 40.8 Å². The van der Waals surface area contributed by atoms with E-state index in [1.54, 1.807) is 12.2 Å². The average Bonchev–Trinajstić information content (AvgIpc) is 3.32. The maximum absolute atomic E-state index is 12.2. The fourth-order valence-electron chi connectivity index (χ4n) is 4.06. The summed E-state index contributed by atoms with van der Waals surface area (Å²) in [6, 6.07) is 0. The maximum Gasteiger partial charge on any atom is 0.351 e. The zero-order valence-electron chi connectivity index (χ0n) is 23.5. The van der Waals surface area contributed by atoms with E-state index < -0.39 is 24.1 Å². The van der Waals surface area contributed by atoms with Gasteiger partial charge in [-0.05, 0) is 19.3 Å². The van der Waals surface area contributed by atoms with Gasteiger partial charge in [-0.2, -0.15) is 4.98 Å². The Bertz CT molecular complexity index is 1010. The van der Waals surface area contributed by atoms with Gasteiger partial charge in [0, 0.05) is 56.6 Å². The Hall–Kier alpha value is -2.55. The van der Waals surface area contributed by atoms with Crippen molar-refractivity contribution >= 4 is 35.3 Å². The molecule has 2 rings (SSSR count). The monoisotopic (exact) mass is 601 g/mol. The third-order valence-corrected chi connectivity index (χ3v) is 6.61. The third kappa shape index (κ3) is 13.8. The van der Waals surface area contributed by atoms with Gasteiger partial charge in [-0.3, -0.25) is 14.2 Å². The number of alkyl halides is 1. The topological polar surface area (TPSA) is 187 Å². The molecule has 0 spiro atoms. The first-order valence-electron chi connectivity index (χ1n) is 14.1. The van der Waals surface area contributed by atoms with Crippen LogP contribution in [0.25, 0.3) is 6.08 Å². The number of aromatic nitrogens is 2. The molecule has 1 aromatic heterocycles. The molecule has 232 valence electrons.